The van der Waals surface area contributed by atoms with E-state index in [1.807, 2.05) is 30.3 Å². The van der Waals surface area contributed by atoms with Crippen molar-refractivity contribution in [2.45, 2.75) is 6.04 Å². The van der Waals surface area contributed by atoms with Crippen LogP contribution < -0.4 is 10.1 Å². The molecule has 3 N–H and O–H groups in total. The Balaban J connectivity index is 1.67. The van der Waals surface area contributed by atoms with Gasteiger partial charge in [-0.05, 0) is 41.5 Å². The molecule has 7 nitrogen and oxygen atoms in total. The molecule has 0 aliphatic carbocycles. The van der Waals surface area contributed by atoms with Crippen LogP contribution in [0.5, 0.6) is 5.75 Å². The van der Waals surface area contributed by atoms with Crippen molar-refractivity contribution in [3.05, 3.63) is 89.1 Å². The van der Waals surface area contributed by atoms with Crippen molar-refractivity contribution in [3.63, 3.8) is 0 Å². The maximum atomic E-state index is 13.1. The third kappa shape index (κ3) is 4.35. The number of aliphatic hydroxyl groups excluding tert-OH is 1. The molecule has 0 saturated carbocycles. The predicted molar refractivity (Wildman–Crippen MR) is 120 cm³/mol. The van der Waals surface area contributed by atoms with Crippen molar-refractivity contribution < 1.29 is 19.0 Å². The minimum Gasteiger partial charge on any atom is -0.495 e. The summed E-state index contributed by atoms with van der Waals surface area (Å²) in [5, 5.41) is 20.5. The fourth-order valence-corrected chi connectivity index (χ4v) is 3.43. The zero-order chi connectivity index (χ0) is 22.5. The molecule has 2 aromatic carbocycles. The van der Waals surface area contributed by atoms with Gasteiger partial charge in [0, 0.05) is 6.20 Å². The molecule has 0 aliphatic heterocycles. The summed E-state index contributed by atoms with van der Waals surface area (Å²) in [7, 11) is 1.48. The first kappa shape index (κ1) is 21.2. The molecule has 0 fully saturated rings. The Bertz CT molecular complexity index is 1250. The van der Waals surface area contributed by atoms with E-state index in [2.05, 4.69) is 20.5 Å². The number of carbonyl (C=O) groups excluding carboxylic acids is 1. The SMILES string of the molecule is COc1c(C(=O)N[C@H](CO)c2ccccc2)ccc2[nH]nc(C=Cc3ccc(F)nc3)c12. The number of H-pyrrole nitrogens is 1. The fraction of sp³-hybridized carbons (Fsp3) is 0.125. The highest BCUT2D eigenvalue weighted by Crippen LogP contribution is 2.32. The number of amides is 1. The summed E-state index contributed by atoms with van der Waals surface area (Å²) in [6, 6.07) is 14.9. The van der Waals surface area contributed by atoms with Crippen molar-refractivity contribution in [3.8, 4) is 5.75 Å². The summed E-state index contributed by atoms with van der Waals surface area (Å²) in [4.78, 5) is 16.7. The Kier molecular flexibility index (Phi) is 6.23. The van der Waals surface area contributed by atoms with Crippen molar-refractivity contribution >= 4 is 29.0 Å². The van der Waals surface area contributed by atoms with E-state index in [4.69, 9.17) is 4.74 Å². The van der Waals surface area contributed by atoms with E-state index < -0.39 is 12.0 Å². The van der Waals surface area contributed by atoms with Gasteiger partial charge in [-0.3, -0.25) is 9.89 Å². The lowest BCUT2D eigenvalue weighted by molar-refractivity contribution is 0.0913. The van der Waals surface area contributed by atoms with Crippen LogP contribution in [0, 0.1) is 5.95 Å². The second kappa shape index (κ2) is 9.40. The van der Waals surface area contributed by atoms with E-state index in [1.165, 1.54) is 19.4 Å². The molecule has 32 heavy (non-hydrogen) atoms. The van der Waals surface area contributed by atoms with E-state index in [1.54, 1.807) is 30.4 Å². The Labute approximate surface area is 183 Å². The highest BCUT2D eigenvalue weighted by Gasteiger charge is 2.21. The van der Waals surface area contributed by atoms with Crippen molar-refractivity contribution in [1.82, 2.24) is 20.5 Å². The van der Waals surface area contributed by atoms with E-state index >= 15 is 0 Å². The number of pyridine rings is 1. The predicted octanol–water partition coefficient (Wildman–Crippen LogP) is 3.74. The van der Waals surface area contributed by atoms with Crippen molar-refractivity contribution in [2.24, 2.45) is 0 Å². The number of methoxy groups -OCH3 is 1. The first-order valence-electron chi connectivity index (χ1n) is 9.92. The molecular formula is C24H21FN4O3. The normalized spacial score (nSPS) is 12.2. The number of aliphatic hydroxyl groups is 1. The van der Waals surface area contributed by atoms with Gasteiger partial charge in [0.05, 0.1) is 41.9 Å². The number of benzene rings is 2. The molecule has 0 bridgehead atoms. The van der Waals surface area contributed by atoms with E-state index in [9.17, 15) is 14.3 Å². The first-order chi connectivity index (χ1) is 15.6. The van der Waals surface area contributed by atoms with Gasteiger partial charge in [0.15, 0.2) is 0 Å². The number of aromatic amines is 1. The lowest BCUT2D eigenvalue weighted by Gasteiger charge is -2.18. The molecule has 0 aliphatic rings. The van der Waals surface area contributed by atoms with Gasteiger partial charge in [-0.2, -0.15) is 9.49 Å². The minimum absolute atomic E-state index is 0.244. The molecular weight excluding hydrogens is 411 g/mol. The fourth-order valence-electron chi connectivity index (χ4n) is 3.43. The molecule has 0 radical (unpaired) electrons. The summed E-state index contributed by atoms with van der Waals surface area (Å²) in [6.45, 7) is -0.244. The van der Waals surface area contributed by atoms with Crippen LogP contribution in [0.1, 0.15) is 33.2 Å². The quantitative estimate of drug-likeness (QED) is 0.386. The number of aromatic nitrogens is 3. The van der Waals surface area contributed by atoms with Crippen LogP contribution in [0.15, 0.2) is 60.8 Å². The molecule has 1 amide bonds. The average Bonchev–Trinajstić information content (AvgIpc) is 3.25. The van der Waals surface area contributed by atoms with Crippen molar-refractivity contribution in [1.29, 1.82) is 0 Å². The summed E-state index contributed by atoms with van der Waals surface area (Å²) in [6.07, 6.45) is 4.89. The number of halogens is 1. The Morgan fingerprint density at radius 1 is 1.19 bits per heavy atom. The summed E-state index contributed by atoms with van der Waals surface area (Å²) < 4.78 is 18.6. The molecule has 0 spiro atoms. The van der Waals surface area contributed by atoms with E-state index in [0.717, 1.165) is 5.56 Å². The van der Waals surface area contributed by atoms with E-state index in [-0.39, 0.29) is 12.5 Å². The average molecular weight is 432 g/mol. The third-order valence-corrected chi connectivity index (χ3v) is 5.03. The zero-order valence-corrected chi connectivity index (χ0v) is 17.2. The Morgan fingerprint density at radius 3 is 2.69 bits per heavy atom. The highest BCUT2D eigenvalue weighted by molar-refractivity contribution is 6.05. The third-order valence-electron chi connectivity index (χ3n) is 5.03. The molecule has 4 aromatic rings. The highest BCUT2D eigenvalue weighted by atomic mass is 19.1. The summed E-state index contributed by atoms with van der Waals surface area (Å²) in [5.74, 6) is -0.581. The van der Waals surface area contributed by atoms with Gasteiger partial charge in [0.2, 0.25) is 5.95 Å². The second-order valence-corrected chi connectivity index (χ2v) is 7.04. The summed E-state index contributed by atoms with van der Waals surface area (Å²) >= 11 is 0. The lowest BCUT2D eigenvalue weighted by atomic mass is 10.0. The van der Waals surface area contributed by atoms with Crippen LogP contribution in [0.25, 0.3) is 23.1 Å². The molecule has 0 unspecified atom stereocenters. The number of nitrogens with one attached hydrogen (secondary N) is 2. The number of fused-ring (bicyclic) bond motifs is 1. The van der Waals surface area contributed by atoms with Crippen LogP contribution in [-0.4, -0.2) is 39.9 Å². The smallest absolute Gasteiger partial charge is 0.255 e. The van der Waals surface area contributed by atoms with Crippen LogP contribution in [0.2, 0.25) is 0 Å². The van der Waals surface area contributed by atoms with Gasteiger partial charge in [-0.15, -0.1) is 0 Å². The number of hydrogen-bond acceptors (Lipinski definition) is 5. The number of carbonyl (C=O) groups is 1. The molecule has 162 valence electrons. The Morgan fingerprint density at radius 2 is 2.00 bits per heavy atom. The lowest BCUT2D eigenvalue weighted by Crippen LogP contribution is -2.31. The second-order valence-electron chi connectivity index (χ2n) is 7.04. The molecule has 2 aromatic heterocycles. The number of hydrogen-bond donors (Lipinski definition) is 3. The maximum absolute atomic E-state index is 13.1. The Hall–Kier alpha value is -4.04. The van der Waals surface area contributed by atoms with Gasteiger partial charge in [0.1, 0.15) is 5.75 Å². The standard InChI is InChI=1S/C24H21FN4O3/c1-32-23-17(24(31)27-20(14-30)16-5-3-2-4-6-16)9-11-19-22(23)18(28-29-19)10-7-15-8-12-21(25)26-13-15/h2-13,20,30H,14H2,1H3,(H,27,31)(H,28,29)/t20-/m1/s1. The monoisotopic (exact) mass is 432 g/mol. The van der Waals surface area contributed by atoms with E-state index in [0.29, 0.717) is 33.5 Å². The number of nitrogens with zero attached hydrogens (tertiary/aromatic N) is 2. The van der Waals surface area contributed by atoms with Crippen LogP contribution in [0.4, 0.5) is 4.39 Å². The topological polar surface area (TPSA) is 100 Å². The zero-order valence-electron chi connectivity index (χ0n) is 17.2. The van der Waals surface area contributed by atoms with Crippen LogP contribution in [0.3, 0.4) is 0 Å². The minimum atomic E-state index is -0.557. The number of rotatable bonds is 7. The van der Waals surface area contributed by atoms with Gasteiger partial charge >= 0.3 is 0 Å². The molecule has 0 saturated heterocycles. The summed E-state index contributed by atoms with van der Waals surface area (Å²) in [5.41, 5.74) is 3.05. The molecule has 4 rings (SSSR count). The maximum Gasteiger partial charge on any atom is 0.255 e. The van der Waals surface area contributed by atoms with Gasteiger partial charge in [-0.1, -0.05) is 36.4 Å². The first-order valence-corrected chi connectivity index (χ1v) is 9.92. The molecule has 1 atom stereocenters. The van der Waals surface area contributed by atoms with Crippen molar-refractivity contribution in [2.75, 3.05) is 13.7 Å². The number of ether oxygens (including phenoxy) is 1. The largest absolute Gasteiger partial charge is 0.495 e. The van der Waals surface area contributed by atoms with Gasteiger partial charge < -0.3 is 15.2 Å². The van der Waals surface area contributed by atoms with Crippen LogP contribution >= 0.6 is 0 Å². The van der Waals surface area contributed by atoms with Crippen LogP contribution in [-0.2, 0) is 0 Å². The van der Waals surface area contributed by atoms with Gasteiger partial charge in [-0.25, -0.2) is 4.98 Å². The van der Waals surface area contributed by atoms with Gasteiger partial charge in [0.25, 0.3) is 5.91 Å². The molecule has 2 heterocycles. The molecule has 8 heteroatoms.